The molecule has 129 heavy (non-hydrogen) atoms. The van der Waals surface area contributed by atoms with Gasteiger partial charge >= 0.3 is 0 Å². The van der Waals surface area contributed by atoms with Crippen molar-refractivity contribution < 1.29 is 4.42 Å². The molecular weight excluding hydrogens is 1670 g/mol. The molecule has 0 fully saturated rings. The molecule has 10 nitrogen and oxygen atoms in total. The molecule has 15 heteroatoms. The average molecular weight is 1740 g/mol. The summed E-state index contributed by atoms with van der Waals surface area (Å²) in [6.45, 7) is 0. The van der Waals surface area contributed by atoms with Gasteiger partial charge in [-0.1, -0.05) is 249 Å². The maximum Gasteiger partial charge on any atom is 0.233 e. The van der Waals surface area contributed by atoms with Gasteiger partial charge in [-0.25, -0.2) is 24.9 Å². The summed E-state index contributed by atoms with van der Waals surface area (Å²) in [6.07, 6.45) is 0. The maximum absolute atomic E-state index is 6.43. The lowest BCUT2D eigenvalue weighted by Crippen LogP contribution is -2.02. The summed E-state index contributed by atoms with van der Waals surface area (Å²) in [5, 5.41) is 28.7. The van der Waals surface area contributed by atoms with Crippen LogP contribution in [0.15, 0.2) is 387 Å². The summed E-state index contributed by atoms with van der Waals surface area (Å²) in [5.74, 6) is 4.81. The zero-order chi connectivity index (χ0) is 84.2. The Labute approximate surface area is 753 Å². The predicted octanol–water partition coefficient (Wildman–Crippen LogP) is 32.9. The fourth-order valence-electron chi connectivity index (χ4n) is 19.9. The lowest BCUT2D eigenvalue weighted by molar-refractivity contribution is 0.653. The summed E-state index contributed by atoms with van der Waals surface area (Å²) in [7, 11) is 0. The number of benzene rings is 18. The minimum atomic E-state index is 0.586. The number of thiophene rings is 5. The van der Waals surface area contributed by atoms with E-state index in [9.17, 15) is 0 Å². The Balaban J connectivity index is 0.0000000976. The molecule has 0 aliphatic heterocycles. The zero-order valence-corrected chi connectivity index (χ0v) is 72.4. The Morgan fingerprint density at radius 3 is 0.922 bits per heavy atom. The van der Waals surface area contributed by atoms with Crippen molar-refractivity contribution in [3.05, 3.63) is 382 Å². The second-order valence-electron chi connectivity index (χ2n) is 33.1. The van der Waals surface area contributed by atoms with Crippen LogP contribution in [0.1, 0.15) is 0 Å². The van der Waals surface area contributed by atoms with Crippen LogP contribution in [0, 0.1) is 0 Å². The van der Waals surface area contributed by atoms with Crippen LogP contribution in [0.2, 0.25) is 0 Å². The summed E-state index contributed by atoms with van der Waals surface area (Å²) in [6, 6.07) is 137. The number of nitrogens with zero attached hydrogens (tertiary/aromatic N) is 9. The third-order valence-electron chi connectivity index (χ3n) is 25.8. The minimum Gasteiger partial charge on any atom is -0.437 e. The van der Waals surface area contributed by atoms with Gasteiger partial charge in [0.2, 0.25) is 5.71 Å². The fraction of sp³-hybridized carbons (Fsp3) is 0. The van der Waals surface area contributed by atoms with Crippen molar-refractivity contribution in [2.45, 2.75) is 0 Å². The SMILES string of the molecule is c1ccc2cc3c(cc2c1)c1ccccc1n3-c1nc(-c2ccc3c(c2)sc2ccccc23)nc2sc3ccccc3c12.c1ccc2cc3c(cc2c1)c1ccccc1n3-c1nc(-c2ccc3sc4ccccc4c3c2)nc2oc3ccccc3c12.c1ccc2cc3c(cc2c1)c1ccccc1n3-c1nc(-c2ccc3sc4ccccc4c3c2)nc2sc3ccccc3c12. The zero-order valence-electron chi connectivity index (χ0n) is 68.3. The quantitative estimate of drug-likeness (QED) is 0.163. The Morgan fingerprint density at radius 1 is 0.186 bits per heavy atom. The van der Waals surface area contributed by atoms with Gasteiger partial charge in [0.05, 0.1) is 49.3 Å². The second-order valence-corrected chi connectivity index (χ2v) is 38.4. The van der Waals surface area contributed by atoms with Gasteiger partial charge in [0, 0.05) is 135 Å². The molecule has 30 rings (SSSR count). The van der Waals surface area contributed by atoms with E-state index < -0.39 is 0 Å². The van der Waals surface area contributed by atoms with Crippen molar-refractivity contribution in [2.24, 2.45) is 0 Å². The Morgan fingerprint density at radius 2 is 0.488 bits per heavy atom. The van der Waals surface area contributed by atoms with E-state index in [4.69, 9.17) is 34.3 Å². The molecule has 0 aliphatic carbocycles. The van der Waals surface area contributed by atoms with Crippen molar-refractivity contribution in [1.82, 2.24) is 43.6 Å². The first kappa shape index (κ1) is 72.6. The first-order chi connectivity index (χ1) is 63.9. The third kappa shape index (κ3) is 11.3. The van der Waals surface area contributed by atoms with Crippen LogP contribution in [0.25, 0.3) is 273 Å². The smallest absolute Gasteiger partial charge is 0.233 e. The van der Waals surface area contributed by atoms with Crippen molar-refractivity contribution in [1.29, 1.82) is 0 Å². The van der Waals surface area contributed by atoms with Crippen LogP contribution in [0.3, 0.4) is 0 Å². The molecular formula is C114H63N9OS5. The van der Waals surface area contributed by atoms with Gasteiger partial charge < -0.3 is 4.42 Å². The molecule has 18 aromatic carbocycles. The number of hydrogen-bond donors (Lipinski definition) is 0. The fourth-order valence-corrected chi connectivity index (χ4v) is 25.4. The molecule has 0 saturated heterocycles. The van der Waals surface area contributed by atoms with Crippen molar-refractivity contribution in [3.8, 4) is 51.6 Å². The molecule has 12 heterocycles. The summed E-state index contributed by atoms with van der Waals surface area (Å²) in [5.41, 5.74) is 11.2. The molecule has 0 amide bonds. The molecule has 0 N–H and O–H groups in total. The van der Waals surface area contributed by atoms with Crippen molar-refractivity contribution >= 4 is 278 Å². The van der Waals surface area contributed by atoms with Gasteiger partial charge in [0.25, 0.3) is 0 Å². The number of rotatable bonds is 6. The molecule has 0 unspecified atom stereocenters. The van der Waals surface area contributed by atoms with Gasteiger partial charge in [-0.2, -0.15) is 4.98 Å². The van der Waals surface area contributed by atoms with E-state index >= 15 is 0 Å². The largest absolute Gasteiger partial charge is 0.437 e. The first-order valence-electron chi connectivity index (χ1n) is 43.0. The average Bonchev–Trinajstić information content (AvgIpc) is 1.56. The van der Waals surface area contributed by atoms with E-state index in [-0.39, 0.29) is 0 Å². The number of hydrogen-bond acceptors (Lipinski definition) is 12. The number of para-hydroxylation sites is 4. The second kappa shape index (κ2) is 28.4. The van der Waals surface area contributed by atoms with E-state index in [2.05, 4.69) is 378 Å². The highest BCUT2D eigenvalue weighted by atomic mass is 32.1. The van der Waals surface area contributed by atoms with Crippen LogP contribution < -0.4 is 0 Å². The monoisotopic (exact) mass is 1730 g/mol. The van der Waals surface area contributed by atoms with Crippen LogP contribution in [-0.2, 0) is 0 Å². The van der Waals surface area contributed by atoms with E-state index in [1.54, 1.807) is 22.7 Å². The van der Waals surface area contributed by atoms with Crippen molar-refractivity contribution in [3.63, 3.8) is 0 Å². The first-order valence-corrected chi connectivity index (χ1v) is 47.1. The molecule has 0 spiro atoms. The van der Waals surface area contributed by atoms with E-state index in [0.29, 0.717) is 11.5 Å². The molecule has 0 saturated carbocycles. The molecule has 0 aliphatic rings. The number of furan rings is 1. The van der Waals surface area contributed by atoms with Crippen molar-refractivity contribution in [2.75, 3.05) is 0 Å². The van der Waals surface area contributed by atoms with Crippen LogP contribution in [-0.4, -0.2) is 43.6 Å². The Bertz CT molecular complexity index is 9660. The molecule has 0 radical (unpaired) electrons. The van der Waals surface area contributed by atoms with Gasteiger partial charge in [0.1, 0.15) is 15.2 Å². The van der Waals surface area contributed by atoms with Crippen LogP contribution >= 0.6 is 56.7 Å². The van der Waals surface area contributed by atoms with Gasteiger partial charge in [0.15, 0.2) is 34.9 Å². The van der Waals surface area contributed by atoms with Gasteiger partial charge in [-0.3, -0.25) is 13.7 Å². The molecule has 0 atom stereocenters. The van der Waals surface area contributed by atoms with E-state index in [1.165, 1.54) is 145 Å². The van der Waals surface area contributed by atoms with E-state index in [1.807, 2.05) is 52.2 Å². The number of aromatic nitrogens is 9. The lowest BCUT2D eigenvalue weighted by Gasteiger charge is -2.12. The summed E-state index contributed by atoms with van der Waals surface area (Å²) >= 11 is 8.95. The van der Waals surface area contributed by atoms with Crippen LogP contribution in [0.5, 0.6) is 0 Å². The summed E-state index contributed by atoms with van der Waals surface area (Å²) < 4.78 is 23.6. The normalized spacial score (nSPS) is 12.2. The van der Waals surface area contributed by atoms with Gasteiger partial charge in [-0.15, -0.1) is 56.7 Å². The molecule has 30 aromatic rings. The highest BCUT2D eigenvalue weighted by Crippen LogP contribution is 2.49. The highest BCUT2D eigenvalue weighted by Gasteiger charge is 2.28. The molecule has 600 valence electrons. The Kier molecular flexibility index (Phi) is 16.0. The summed E-state index contributed by atoms with van der Waals surface area (Å²) in [4.78, 5) is 33.8. The Hall–Kier alpha value is -15.7. The number of fused-ring (bicyclic) bond motifs is 30. The third-order valence-corrected chi connectivity index (χ3v) is 31.4. The van der Waals surface area contributed by atoms with E-state index in [0.717, 1.165) is 116 Å². The standard InChI is InChI=1S/C38H21N3OS.2C38H21N3S2/c1-2-10-23-21-31-28(19-22(23)9-1)25-11-3-6-14-30(25)41(31)37-35-27-13-4-7-15-32(27)42-38(35)40-36(39-37)24-17-18-34-29(20-24)26-12-5-8-16-33(26)43-34;1-2-10-23-21-31-28(19-22(23)9-1)25-11-3-6-14-30(25)41(31)37-35-27-13-5-8-16-33(27)43-38(35)40-36(39-37)24-17-18-34-29(20-24)26-12-4-7-15-32(26)42-34;1-2-10-23-20-31-29(19-22(23)9-1)25-11-3-6-14-30(25)41(31)37-35-28-13-5-8-16-33(28)43-38(35)40-36(39-37)24-17-18-27-26-12-4-7-15-32(26)42-34(27)21-24/h3*1-21H. The minimum absolute atomic E-state index is 0.586. The molecule has 0 bridgehead atoms. The predicted molar refractivity (Wildman–Crippen MR) is 550 cm³/mol. The maximum atomic E-state index is 6.43. The topological polar surface area (TPSA) is 105 Å². The molecule has 12 aromatic heterocycles. The lowest BCUT2D eigenvalue weighted by atomic mass is 10.1. The van der Waals surface area contributed by atoms with Gasteiger partial charge in [-0.05, 0) is 166 Å². The van der Waals surface area contributed by atoms with Crippen LogP contribution in [0.4, 0.5) is 0 Å². The highest BCUT2D eigenvalue weighted by molar-refractivity contribution is 7.27.